The quantitative estimate of drug-likeness (QED) is 0.468. The van der Waals surface area contributed by atoms with Crippen LogP contribution in [-0.2, 0) is 9.53 Å². The largest absolute Gasteiger partial charge is 0.464 e. The van der Waals surface area contributed by atoms with Crippen molar-refractivity contribution in [1.82, 2.24) is 10.2 Å². The van der Waals surface area contributed by atoms with E-state index in [1.165, 1.54) is 32.1 Å². The molecule has 0 amide bonds. The summed E-state index contributed by atoms with van der Waals surface area (Å²) in [4.78, 5) is 13.9. The molecule has 1 aliphatic heterocycles. The molecule has 0 saturated carbocycles. The van der Waals surface area contributed by atoms with Crippen molar-refractivity contribution in [3.05, 3.63) is 0 Å². The average molecular weight is 284 g/mol. The standard InChI is InChI=1S/C16H32N2O2/c1-2-3-4-5-6-7-8-9-16(19)20-15-14-18-12-10-17-11-13-18/h17H,2-15H2,1H3. The molecule has 1 saturated heterocycles. The number of unbranched alkanes of at least 4 members (excludes halogenated alkanes) is 6. The van der Waals surface area contributed by atoms with Gasteiger partial charge in [0.2, 0.25) is 0 Å². The molecular weight excluding hydrogens is 252 g/mol. The van der Waals surface area contributed by atoms with E-state index in [0.29, 0.717) is 13.0 Å². The highest BCUT2D eigenvalue weighted by Crippen LogP contribution is 2.08. The highest BCUT2D eigenvalue weighted by Gasteiger charge is 2.10. The third kappa shape index (κ3) is 9.32. The first kappa shape index (κ1) is 17.4. The highest BCUT2D eigenvalue weighted by molar-refractivity contribution is 5.69. The molecule has 0 bridgehead atoms. The van der Waals surface area contributed by atoms with E-state index in [4.69, 9.17) is 4.74 Å². The van der Waals surface area contributed by atoms with Crippen LogP contribution in [0.2, 0.25) is 0 Å². The summed E-state index contributed by atoms with van der Waals surface area (Å²) in [5.41, 5.74) is 0. The Balaban J connectivity index is 1.85. The van der Waals surface area contributed by atoms with Crippen LogP contribution in [0.4, 0.5) is 0 Å². The minimum absolute atomic E-state index is 0.0197. The molecule has 0 radical (unpaired) electrons. The van der Waals surface area contributed by atoms with Crippen LogP contribution < -0.4 is 5.32 Å². The van der Waals surface area contributed by atoms with Crippen molar-refractivity contribution >= 4 is 5.97 Å². The van der Waals surface area contributed by atoms with E-state index >= 15 is 0 Å². The summed E-state index contributed by atoms with van der Waals surface area (Å²) in [5, 5.41) is 3.32. The fourth-order valence-corrected chi connectivity index (χ4v) is 2.52. The van der Waals surface area contributed by atoms with E-state index in [2.05, 4.69) is 17.1 Å². The van der Waals surface area contributed by atoms with E-state index in [1.54, 1.807) is 0 Å². The fourth-order valence-electron chi connectivity index (χ4n) is 2.52. The predicted octanol–water partition coefficient (Wildman–Crippen LogP) is 2.58. The molecule has 0 unspecified atom stereocenters. The monoisotopic (exact) mass is 284 g/mol. The molecule has 1 rings (SSSR count). The number of rotatable bonds is 11. The molecule has 0 atom stereocenters. The number of nitrogens with one attached hydrogen (secondary N) is 1. The second-order valence-electron chi connectivity index (χ2n) is 5.68. The van der Waals surface area contributed by atoms with E-state index in [1.807, 2.05) is 0 Å². The first-order chi connectivity index (χ1) is 9.83. The number of nitrogens with zero attached hydrogens (tertiary/aromatic N) is 1. The van der Waals surface area contributed by atoms with Crippen LogP contribution in [0.1, 0.15) is 58.3 Å². The summed E-state index contributed by atoms with van der Waals surface area (Å²) in [6.07, 6.45) is 9.28. The molecule has 0 aromatic heterocycles. The maximum atomic E-state index is 11.6. The van der Waals surface area contributed by atoms with Gasteiger partial charge in [0.25, 0.3) is 0 Å². The molecular formula is C16H32N2O2. The van der Waals surface area contributed by atoms with Crippen LogP contribution in [-0.4, -0.2) is 50.2 Å². The number of hydrogen-bond acceptors (Lipinski definition) is 4. The molecule has 4 nitrogen and oxygen atoms in total. The molecule has 4 heteroatoms. The Morgan fingerprint density at radius 3 is 2.40 bits per heavy atom. The lowest BCUT2D eigenvalue weighted by Crippen LogP contribution is -2.44. The van der Waals surface area contributed by atoms with Gasteiger partial charge in [-0.3, -0.25) is 9.69 Å². The smallest absolute Gasteiger partial charge is 0.305 e. The third-order valence-electron chi connectivity index (χ3n) is 3.86. The van der Waals surface area contributed by atoms with Crippen molar-refractivity contribution < 1.29 is 9.53 Å². The van der Waals surface area contributed by atoms with Gasteiger partial charge in [-0.15, -0.1) is 0 Å². The van der Waals surface area contributed by atoms with Crippen LogP contribution in [0.25, 0.3) is 0 Å². The topological polar surface area (TPSA) is 41.6 Å². The molecule has 20 heavy (non-hydrogen) atoms. The Bertz CT molecular complexity index is 241. The second-order valence-corrected chi connectivity index (χ2v) is 5.68. The molecule has 0 aromatic carbocycles. The van der Waals surface area contributed by atoms with Gasteiger partial charge in [-0.1, -0.05) is 45.4 Å². The minimum atomic E-state index is -0.0197. The Morgan fingerprint density at radius 1 is 1.05 bits per heavy atom. The molecule has 0 aliphatic carbocycles. The molecule has 1 fully saturated rings. The zero-order valence-corrected chi connectivity index (χ0v) is 13.2. The van der Waals surface area contributed by atoms with E-state index < -0.39 is 0 Å². The fraction of sp³-hybridized carbons (Fsp3) is 0.938. The molecule has 0 spiro atoms. The Morgan fingerprint density at radius 2 is 1.70 bits per heavy atom. The van der Waals surface area contributed by atoms with Crippen LogP contribution in [0.5, 0.6) is 0 Å². The predicted molar refractivity (Wildman–Crippen MR) is 82.9 cm³/mol. The summed E-state index contributed by atoms with van der Waals surface area (Å²) in [6.45, 7) is 7.89. The summed E-state index contributed by atoms with van der Waals surface area (Å²) < 4.78 is 5.29. The van der Waals surface area contributed by atoms with Gasteiger partial charge in [0.15, 0.2) is 0 Å². The lowest BCUT2D eigenvalue weighted by Gasteiger charge is -2.26. The van der Waals surface area contributed by atoms with Gasteiger partial charge in [0.1, 0.15) is 6.61 Å². The van der Waals surface area contributed by atoms with Gasteiger partial charge in [-0.25, -0.2) is 0 Å². The first-order valence-electron chi connectivity index (χ1n) is 8.41. The van der Waals surface area contributed by atoms with Crippen molar-refractivity contribution in [1.29, 1.82) is 0 Å². The number of esters is 1. The Kier molecular flexibility index (Phi) is 10.6. The van der Waals surface area contributed by atoms with Crippen molar-refractivity contribution in [3.8, 4) is 0 Å². The van der Waals surface area contributed by atoms with E-state index in [0.717, 1.165) is 45.6 Å². The number of carbonyl (C=O) groups is 1. The minimum Gasteiger partial charge on any atom is -0.464 e. The van der Waals surface area contributed by atoms with Crippen molar-refractivity contribution in [2.45, 2.75) is 58.3 Å². The molecule has 1 aliphatic rings. The summed E-state index contributed by atoms with van der Waals surface area (Å²) >= 11 is 0. The maximum absolute atomic E-state index is 11.6. The number of piperazine rings is 1. The Hall–Kier alpha value is -0.610. The normalized spacial score (nSPS) is 16.2. The molecule has 0 aromatic rings. The average Bonchev–Trinajstić information content (AvgIpc) is 2.47. The Labute approximate surface area is 124 Å². The van der Waals surface area contributed by atoms with Crippen molar-refractivity contribution in [2.24, 2.45) is 0 Å². The molecule has 118 valence electrons. The van der Waals surface area contributed by atoms with Gasteiger partial charge in [-0.05, 0) is 6.42 Å². The highest BCUT2D eigenvalue weighted by atomic mass is 16.5. The lowest BCUT2D eigenvalue weighted by atomic mass is 10.1. The van der Waals surface area contributed by atoms with Gasteiger partial charge < -0.3 is 10.1 Å². The van der Waals surface area contributed by atoms with Crippen molar-refractivity contribution in [2.75, 3.05) is 39.3 Å². The van der Waals surface area contributed by atoms with Crippen LogP contribution >= 0.6 is 0 Å². The molecule has 1 heterocycles. The van der Waals surface area contributed by atoms with Crippen LogP contribution in [0.15, 0.2) is 0 Å². The summed E-state index contributed by atoms with van der Waals surface area (Å²) in [5.74, 6) is -0.0197. The molecule has 1 N–H and O–H groups in total. The van der Waals surface area contributed by atoms with Gasteiger partial charge in [0.05, 0.1) is 0 Å². The zero-order chi connectivity index (χ0) is 14.5. The maximum Gasteiger partial charge on any atom is 0.305 e. The third-order valence-corrected chi connectivity index (χ3v) is 3.86. The SMILES string of the molecule is CCCCCCCCCC(=O)OCCN1CCNCC1. The zero-order valence-electron chi connectivity index (χ0n) is 13.2. The number of carbonyl (C=O) groups excluding carboxylic acids is 1. The second kappa shape index (κ2) is 12.2. The van der Waals surface area contributed by atoms with E-state index in [-0.39, 0.29) is 5.97 Å². The van der Waals surface area contributed by atoms with Crippen LogP contribution in [0.3, 0.4) is 0 Å². The van der Waals surface area contributed by atoms with Gasteiger partial charge >= 0.3 is 5.97 Å². The first-order valence-corrected chi connectivity index (χ1v) is 8.41. The lowest BCUT2D eigenvalue weighted by molar-refractivity contribution is -0.144. The van der Waals surface area contributed by atoms with Crippen LogP contribution in [0, 0.1) is 0 Å². The van der Waals surface area contributed by atoms with Crippen molar-refractivity contribution in [3.63, 3.8) is 0 Å². The van der Waals surface area contributed by atoms with E-state index in [9.17, 15) is 4.79 Å². The number of ether oxygens (including phenoxy) is 1. The number of hydrogen-bond donors (Lipinski definition) is 1. The van der Waals surface area contributed by atoms with Gasteiger partial charge in [0, 0.05) is 39.1 Å². The van der Waals surface area contributed by atoms with Gasteiger partial charge in [-0.2, -0.15) is 0 Å². The summed E-state index contributed by atoms with van der Waals surface area (Å²) in [6, 6.07) is 0. The summed E-state index contributed by atoms with van der Waals surface area (Å²) in [7, 11) is 0.